The SMILES string of the molecule is [CH2-]CCC.[CH2-]CCCCl.[Mg+2]. The Labute approximate surface area is 86.9 Å². The zero-order valence-electron chi connectivity index (χ0n) is 7.03. The number of alkyl halides is 1. The van der Waals surface area contributed by atoms with Crippen LogP contribution in [0.25, 0.3) is 0 Å². The van der Waals surface area contributed by atoms with Gasteiger partial charge in [-0.15, -0.1) is 11.6 Å². The Balaban J connectivity index is -0.0000000910. The molecule has 2 heteroatoms. The third-order valence-electron chi connectivity index (χ3n) is 0.737. The molecule has 0 saturated heterocycles. The number of rotatable bonds is 3. The van der Waals surface area contributed by atoms with Gasteiger partial charge < -0.3 is 13.8 Å². The predicted molar refractivity (Wildman–Crippen MR) is 51.3 cm³/mol. The topological polar surface area (TPSA) is 0 Å². The van der Waals surface area contributed by atoms with Crippen LogP contribution in [0.3, 0.4) is 0 Å². The number of halogens is 1. The predicted octanol–water partition coefficient (Wildman–Crippen LogP) is 3.08. The van der Waals surface area contributed by atoms with Crippen LogP contribution in [0.4, 0.5) is 0 Å². The van der Waals surface area contributed by atoms with Gasteiger partial charge in [0, 0.05) is 5.88 Å². The van der Waals surface area contributed by atoms with Gasteiger partial charge in [0.05, 0.1) is 0 Å². The minimum absolute atomic E-state index is 0. The van der Waals surface area contributed by atoms with E-state index in [1.54, 1.807) is 0 Å². The molecular formula is C8H17ClMg. The fourth-order valence-electron chi connectivity index (χ4n) is 0.0945. The molecule has 0 aromatic rings. The van der Waals surface area contributed by atoms with Crippen molar-refractivity contribution in [3.05, 3.63) is 13.8 Å². The smallest absolute Gasteiger partial charge is 0.343 e. The van der Waals surface area contributed by atoms with Gasteiger partial charge in [-0.2, -0.15) is 12.8 Å². The first kappa shape index (κ1) is 17.2. The molecule has 0 unspecified atom stereocenters. The van der Waals surface area contributed by atoms with Crippen LogP contribution < -0.4 is 0 Å². The van der Waals surface area contributed by atoms with Gasteiger partial charge in [-0.3, -0.25) is 0 Å². The quantitative estimate of drug-likeness (QED) is 0.349. The van der Waals surface area contributed by atoms with E-state index in [-0.39, 0.29) is 23.1 Å². The second kappa shape index (κ2) is 22.5. The van der Waals surface area contributed by atoms with Gasteiger partial charge in [0.15, 0.2) is 0 Å². The molecule has 0 aromatic heterocycles. The molecule has 0 aromatic carbocycles. The monoisotopic (exact) mass is 172 g/mol. The first-order valence-corrected chi connectivity index (χ1v) is 4.01. The molecule has 0 amide bonds. The van der Waals surface area contributed by atoms with Crippen LogP contribution in [-0.2, 0) is 0 Å². The average molecular weight is 173 g/mol. The molecule has 0 aliphatic heterocycles. The summed E-state index contributed by atoms with van der Waals surface area (Å²) in [5, 5.41) is 0. The van der Waals surface area contributed by atoms with E-state index in [0.29, 0.717) is 0 Å². The van der Waals surface area contributed by atoms with Crippen molar-refractivity contribution in [2.45, 2.75) is 32.6 Å². The van der Waals surface area contributed by atoms with Crippen LogP contribution in [0, 0.1) is 13.8 Å². The molecule has 0 rings (SSSR count). The van der Waals surface area contributed by atoms with Crippen LogP contribution in [0.1, 0.15) is 32.6 Å². The molecule has 0 N–H and O–H groups in total. The van der Waals surface area contributed by atoms with Crippen molar-refractivity contribution in [2.75, 3.05) is 5.88 Å². The molecule has 0 spiro atoms. The van der Waals surface area contributed by atoms with Gasteiger partial charge in [-0.1, -0.05) is 19.8 Å². The first-order chi connectivity index (χ1) is 4.33. The molecule has 0 saturated carbocycles. The molecule has 0 bridgehead atoms. The largest absolute Gasteiger partial charge is 2.00 e. The molecule has 0 atom stereocenters. The average Bonchev–Trinajstić information content (AvgIpc) is 1.91. The van der Waals surface area contributed by atoms with E-state index in [9.17, 15) is 0 Å². The van der Waals surface area contributed by atoms with Crippen molar-refractivity contribution < 1.29 is 0 Å². The second-order valence-electron chi connectivity index (χ2n) is 1.75. The van der Waals surface area contributed by atoms with Crippen molar-refractivity contribution in [3.8, 4) is 0 Å². The minimum atomic E-state index is 0. The van der Waals surface area contributed by atoms with Crippen molar-refractivity contribution in [2.24, 2.45) is 0 Å². The third-order valence-corrected chi connectivity index (χ3v) is 1.00. The maximum atomic E-state index is 5.26. The Morgan fingerprint density at radius 1 is 1.20 bits per heavy atom. The first-order valence-electron chi connectivity index (χ1n) is 3.47. The molecule has 10 heavy (non-hydrogen) atoms. The second-order valence-corrected chi connectivity index (χ2v) is 2.13. The van der Waals surface area contributed by atoms with Crippen LogP contribution in [0.15, 0.2) is 0 Å². The van der Waals surface area contributed by atoms with Crippen molar-refractivity contribution in [1.29, 1.82) is 0 Å². The molecule has 0 heterocycles. The molecule has 58 valence electrons. The molecule has 0 nitrogen and oxygen atoms in total. The minimum Gasteiger partial charge on any atom is -0.343 e. The Morgan fingerprint density at radius 3 is 1.60 bits per heavy atom. The van der Waals surface area contributed by atoms with Gasteiger partial charge in [0.25, 0.3) is 0 Å². The zero-order valence-corrected chi connectivity index (χ0v) is 9.20. The summed E-state index contributed by atoms with van der Waals surface area (Å²) in [5.74, 6) is 0.753. The van der Waals surface area contributed by atoms with Crippen LogP contribution in [0.2, 0.25) is 0 Å². The van der Waals surface area contributed by atoms with E-state index >= 15 is 0 Å². The van der Waals surface area contributed by atoms with E-state index < -0.39 is 0 Å². The maximum Gasteiger partial charge on any atom is 2.00 e. The van der Waals surface area contributed by atoms with Gasteiger partial charge in [0.1, 0.15) is 0 Å². The number of hydrogen-bond acceptors (Lipinski definition) is 0. The molecule has 0 fully saturated rings. The van der Waals surface area contributed by atoms with E-state index in [4.69, 9.17) is 11.6 Å². The summed E-state index contributed by atoms with van der Waals surface area (Å²) in [6, 6.07) is 0. The van der Waals surface area contributed by atoms with Crippen LogP contribution in [-0.4, -0.2) is 28.9 Å². The van der Waals surface area contributed by atoms with Crippen LogP contribution >= 0.6 is 11.6 Å². The summed E-state index contributed by atoms with van der Waals surface area (Å²) in [7, 11) is 0. The maximum absolute atomic E-state index is 5.26. The third kappa shape index (κ3) is 35.7. The zero-order chi connectivity index (χ0) is 7.54. The van der Waals surface area contributed by atoms with Gasteiger partial charge in [-0.05, 0) is 0 Å². The van der Waals surface area contributed by atoms with Crippen molar-refractivity contribution >= 4 is 34.7 Å². The molecule has 0 aliphatic carbocycles. The normalized spacial score (nSPS) is 7.20. The summed E-state index contributed by atoms with van der Waals surface area (Å²) in [4.78, 5) is 0. The fourth-order valence-corrected chi connectivity index (χ4v) is 0.283. The van der Waals surface area contributed by atoms with E-state index in [1.165, 1.54) is 6.42 Å². The summed E-state index contributed by atoms with van der Waals surface area (Å²) in [6.45, 7) is 9.31. The Hall–Kier alpha value is 1.06. The summed E-state index contributed by atoms with van der Waals surface area (Å²) in [6.07, 6.45) is 4.28. The van der Waals surface area contributed by atoms with Gasteiger partial charge in [0.2, 0.25) is 0 Å². The standard InChI is InChI=1S/C4H8Cl.C4H9.Mg/c1-2-3-4-5;1-3-4-2;/h1-4H2;1,3-4H2,2H3;/q2*-1;+2. The number of hydrogen-bond donors (Lipinski definition) is 0. The molecule has 0 radical (unpaired) electrons. The van der Waals surface area contributed by atoms with Gasteiger partial charge >= 0.3 is 23.1 Å². The number of unbranched alkanes of at least 4 members (excludes halogenated alkanes) is 2. The fraction of sp³-hybridized carbons (Fsp3) is 0.750. The summed E-state index contributed by atoms with van der Waals surface area (Å²) >= 11 is 5.26. The molecule has 0 aliphatic rings. The van der Waals surface area contributed by atoms with E-state index in [1.807, 2.05) is 0 Å². The summed E-state index contributed by atoms with van der Waals surface area (Å²) in [5.41, 5.74) is 0. The van der Waals surface area contributed by atoms with Crippen molar-refractivity contribution in [3.63, 3.8) is 0 Å². The van der Waals surface area contributed by atoms with E-state index in [0.717, 1.165) is 25.1 Å². The van der Waals surface area contributed by atoms with Crippen molar-refractivity contribution in [1.82, 2.24) is 0 Å². The Bertz CT molecular complexity index is 28.4. The summed E-state index contributed by atoms with van der Waals surface area (Å²) < 4.78 is 0. The Morgan fingerprint density at radius 2 is 1.60 bits per heavy atom. The van der Waals surface area contributed by atoms with Gasteiger partial charge in [-0.25, -0.2) is 0 Å². The van der Waals surface area contributed by atoms with Crippen LogP contribution in [0.5, 0.6) is 0 Å². The Kier molecular flexibility index (Phi) is 38.7. The van der Waals surface area contributed by atoms with E-state index in [2.05, 4.69) is 20.8 Å². The molecular weight excluding hydrogens is 156 g/mol.